The van der Waals surface area contributed by atoms with E-state index in [2.05, 4.69) is 5.32 Å². The van der Waals surface area contributed by atoms with Gasteiger partial charge in [0.2, 0.25) is 5.91 Å². The number of nitrogens with one attached hydrogen (secondary N) is 1. The summed E-state index contributed by atoms with van der Waals surface area (Å²) in [5.74, 6) is 1.39. The number of amides is 1. The van der Waals surface area contributed by atoms with Crippen LogP contribution in [0.15, 0.2) is 30.3 Å². The lowest BCUT2D eigenvalue weighted by Gasteiger charge is -2.22. The van der Waals surface area contributed by atoms with Gasteiger partial charge in [-0.05, 0) is 54.9 Å². The third-order valence-electron chi connectivity index (χ3n) is 4.60. The van der Waals surface area contributed by atoms with Gasteiger partial charge in [-0.15, -0.1) is 0 Å². The molecule has 2 aliphatic rings. The lowest BCUT2D eigenvalue weighted by molar-refractivity contribution is -0.384. The molecule has 0 heterocycles. The van der Waals surface area contributed by atoms with Crippen molar-refractivity contribution < 1.29 is 9.72 Å². The van der Waals surface area contributed by atoms with Gasteiger partial charge < -0.3 is 5.32 Å². The Morgan fingerprint density at radius 1 is 1.24 bits per heavy atom. The maximum atomic E-state index is 11.9. The van der Waals surface area contributed by atoms with Gasteiger partial charge in [0.1, 0.15) is 0 Å². The summed E-state index contributed by atoms with van der Waals surface area (Å²) >= 11 is 0. The molecule has 0 aliphatic heterocycles. The fourth-order valence-corrected chi connectivity index (χ4v) is 3.53. The van der Waals surface area contributed by atoms with E-state index in [-0.39, 0.29) is 11.6 Å². The third kappa shape index (κ3) is 3.12. The SMILES string of the molecule is O=C(/C=C/c1ccc([N+](=O)[O-])cc1)N[C@H]1C[C@@H]2CC[C@H]1C2. The fourth-order valence-electron chi connectivity index (χ4n) is 3.53. The smallest absolute Gasteiger partial charge is 0.269 e. The van der Waals surface area contributed by atoms with E-state index in [9.17, 15) is 14.9 Å². The molecule has 21 heavy (non-hydrogen) atoms. The maximum Gasteiger partial charge on any atom is 0.269 e. The van der Waals surface area contributed by atoms with E-state index in [0.29, 0.717) is 12.0 Å². The molecule has 0 unspecified atom stereocenters. The number of carbonyl (C=O) groups excluding carboxylic acids is 1. The van der Waals surface area contributed by atoms with Crippen molar-refractivity contribution in [2.45, 2.75) is 31.7 Å². The van der Waals surface area contributed by atoms with Crippen LogP contribution in [0.25, 0.3) is 6.08 Å². The number of rotatable bonds is 4. The topological polar surface area (TPSA) is 72.2 Å². The van der Waals surface area contributed by atoms with Crippen LogP contribution in [0, 0.1) is 22.0 Å². The number of nitro groups is 1. The van der Waals surface area contributed by atoms with Crippen molar-refractivity contribution >= 4 is 17.7 Å². The Morgan fingerprint density at radius 2 is 2.00 bits per heavy atom. The second-order valence-electron chi connectivity index (χ2n) is 5.97. The van der Waals surface area contributed by atoms with Gasteiger partial charge in [0.25, 0.3) is 5.69 Å². The molecule has 2 aliphatic carbocycles. The van der Waals surface area contributed by atoms with Crippen molar-refractivity contribution in [1.82, 2.24) is 5.32 Å². The fraction of sp³-hybridized carbons (Fsp3) is 0.438. The predicted octanol–water partition coefficient (Wildman–Crippen LogP) is 2.91. The molecule has 1 aromatic rings. The molecule has 0 aromatic heterocycles. The highest BCUT2D eigenvalue weighted by molar-refractivity contribution is 5.92. The second-order valence-corrected chi connectivity index (χ2v) is 5.97. The average molecular weight is 286 g/mol. The quantitative estimate of drug-likeness (QED) is 0.525. The Bertz CT molecular complexity index is 580. The molecule has 1 amide bonds. The standard InChI is InChI=1S/C16H18N2O3/c19-16(17-15-10-12-1-5-13(15)9-12)8-4-11-2-6-14(7-3-11)18(20)21/h2-4,6-8,12-13,15H,1,5,9-10H2,(H,17,19)/b8-4+/t12-,13+,15+/m1/s1. The minimum Gasteiger partial charge on any atom is -0.350 e. The Labute approximate surface area is 123 Å². The van der Waals surface area contributed by atoms with Crippen molar-refractivity contribution in [2.75, 3.05) is 0 Å². The minimum atomic E-state index is -0.435. The highest BCUT2D eigenvalue weighted by atomic mass is 16.6. The van der Waals surface area contributed by atoms with Gasteiger partial charge >= 0.3 is 0 Å². The van der Waals surface area contributed by atoms with E-state index in [1.165, 1.54) is 37.5 Å². The van der Waals surface area contributed by atoms with Crippen molar-refractivity contribution in [1.29, 1.82) is 0 Å². The summed E-state index contributed by atoms with van der Waals surface area (Å²) in [4.78, 5) is 22.0. The molecule has 0 saturated heterocycles. The first kappa shape index (κ1) is 13.8. The number of non-ortho nitro benzene ring substituents is 1. The molecule has 2 saturated carbocycles. The van der Waals surface area contributed by atoms with E-state index in [0.717, 1.165) is 17.9 Å². The highest BCUT2D eigenvalue weighted by Gasteiger charge is 2.39. The van der Waals surface area contributed by atoms with Gasteiger partial charge in [-0.2, -0.15) is 0 Å². The van der Waals surface area contributed by atoms with Crippen LogP contribution in [0.3, 0.4) is 0 Å². The Balaban J connectivity index is 1.55. The molecule has 1 N–H and O–H groups in total. The van der Waals surface area contributed by atoms with Crippen LogP contribution in [-0.4, -0.2) is 16.9 Å². The molecule has 1 aromatic carbocycles. The number of nitro benzene ring substituents is 1. The summed E-state index contributed by atoms with van der Waals surface area (Å²) in [6.45, 7) is 0. The molecule has 110 valence electrons. The van der Waals surface area contributed by atoms with Crippen molar-refractivity contribution in [3.8, 4) is 0 Å². The van der Waals surface area contributed by atoms with Gasteiger partial charge in [0.15, 0.2) is 0 Å². The molecule has 0 spiro atoms. The molecule has 2 bridgehead atoms. The summed E-state index contributed by atoms with van der Waals surface area (Å²) < 4.78 is 0. The molecule has 3 rings (SSSR count). The molecular weight excluding hydrogens is 268 g/mol. The third-order valence-corrected chi connectivity index (χ3v) is 4.60. The monoisotopic (exact) mass is 286 g/mol. The van der Waals surface area contributed by atoms with Crippen molar-refractivity contribution in [3.05, 3.63) is 46.0 Å². The van der Waals surface area contributed by atoms with Crippen LogP contribution in [0.5, 0.6) is 0 Å². The van der Waals surface area contributed by atoms with Crippen molar-refractivity contribution in [2.24, 2.45) is 11.8 Å². The zero-order valence-electron chi connectivity index (χ0n) is 11.7. The van der Waals surface area contributed by atoms with E-state index in [1.807, 2.05) is 0 Å². The zero-order chi connectivity index (χ0) is 14.8. The molecule has 5 heteroatoms. The Morgan fingerprint density at radius 3 is 2.57 bits per heavy atom. The Hall–Kier alpha value is -2.17. The highest BCUT2D eigenvalue weighted by Crippen LogP contribution is 2.44. The molecule has 2 fully saturated rings. The number of nitrogens with zero attached hydrogens (tertiary/aromatic N) is 1. The van der Waals surface area contributed by atoms with E-state index < -0.39 is 4.92 Å². The summed E-state index contributed by atoms with van der Waals surface area (Å²) in [5, 5.41) is 13.6. The first-order chi connectivity index (χ1) is 10.1. The first-order valence-electron chi connectivity index (χ1n) is 7.35. The summed E-state index contributed by atoms with van der Waals surface area (Å²) in [6, 6.07) is 6.48. The van der Waals surface area contributed by atoms with Gasteiger partial charge in [-0.1, -0.05) is 6.42 Å². The molecular formula is C16H18N2O3. The summed E-state index contributed by atoms with van der Waals surface area (Å²) in [6.07, 6.45) is 8.12. The number of hydrogen-bond donors (Lipinski definition) is 1. The van der Waals surface area contributed by atoms with Gasteiger partial charge in [-0.25, -0.2) is 0 Å². The van der Waals surface area contributed by atoms with E-state index in [1.54, 1.807) is 18.2 Å². The van der Waals surface area contributed by atoms with E-state index >= 15 is 0 Å². The number of benzene rings is 1. The first-order valence-corrected chi connectivity index (χ1v) is 7.35. The normalized spacial score (nSPS) is 27.1. The average Bonchev–Trinajstić information content (AvgIpc) is 3.08. The number of hydrogen-bond acceptors (Lipinski definition) is 3. The zero-order valence-corrected chi connectivity index (χ0v) is 11.7. The summed E-state index contributed by atoms with van der Waals surface area (Å²) in [5.41, 5.74) is 0.835. The minimum absolute atomic E-state index is 0.0542. The van der Waals surface area contributed by atoms with Gasteiger partial charge in [-0.3, -0.25) is 14.9 Å². The largest absolute Gasteiger partial charge is 0.350 e. The van der Waals surface area contributed by atoms with Crippen LogP contribution in [0.4, 0.5) is 5.69 Å². The van der Waals surface area contributed by atoms with E-state index in [4.69, 9.17) is 0 Å². The molecule has 0 radical (unpaired) electrons. The van der Waals surface area contributed by atoms with Gasteiger partial charge in [0.05, 0.1) is 4.92 Å². The lowest BCUT2D eigenvalue weighted by Crippen LogP contribution is -2.37. The summed E-state index contributed by atoms with van der Waals surface area (Å²) in [7, 11) is 0. The second kappa shape index (κ2) is 5.68. The predicted molar refractivity (Wildman–Crippen MR) is 79.5 cm³/mol. The van der Waals surface area contributed by atoms with Crippen LogP contribution >= 0.6 is 0 Å². The van der Waals surface area contributed by atoms with Crippen LogP contribution in [0.2, 0.25) is 0 Å². The van der Waals surface area contributed by atoms with Crippen LogP contribution in [-0.2, 0) is 4.79 Å². The number of carbonyl (C=O) groups is 1. The van der Waals surface area contributed by atoms with Gasteiger partial charge in [0, 0.05) is 24.3 Å². The lowest BCUT2D eigenvalue weighted by atomic mass is 9.95. The number of fused-ring (bicyclic) bond motifs is 2. The molecule has 5 nitrogen and oxygen atoms in total. The molecule has 3 atom stereocenters. The Kier molecular flexibility index (Phi) is 3.73. The van der Waals surface area contributed by atoms with Crippen LogP contribution < -0.4 is 5.32 Å². The van der Waals surface area contributed by atoms with Crippen molar-refractivity contribution in [3.63, 3.8) is 0 Å². The maximum absolute atomic E-state index is 11.9. The van der Waals surface area contributed by atoms with Crippen LogP contribution in [0.1, 0.15) is 31.2 Å².